The van der Waals surface area contributed by atoms with Gasteiger partial charge >= 0.3 is 0 Å². The van der Waals surface area contributed by atoms with Crippen molar-refractivity contribution in [2.75, 3.05) is 26.2 Å². The third-order valence-electron chi connectivity index (χ3n) is 4.93. The normalized spacial score (nSPS) is 18.2. The second-order valence-electron chi connectivity index (χ2n) is 6.79. The van der Waals surface area contributed by atoms with Crippen molar-refractivity contribution in [2.24, 2.45) is 0 Å². The molecule has 0 aliphatic carbocycles. The lowest BCUT2D eigenvalue weighted by atomic mass is 10.1. The molecule has 134 valence electrons. The van der Waals surface area contributed by atoms with Gasteiger partial charge in [0.05, 0.1) is 4.90 Å². The number of sulfonamides is 1. The second kappa shape index (κ2) is 7.68. The van der Waals surface area contributed by atoms with Gasteiger partial charge in [0.15, 0.2) is 0 Å². The molecule has 1 aliphatic rings. The first-order valence-electron chi connectivity index (χ1n) is 8.81. The van der Waals surface area contributed by atoms with Crippen LogP contribution in [0.5, 0.6) is 0 Å². The van der Waals surface area contributed by atoms with Crippen molar-refractivity contribution in [3.8, 4) is 0 Å². The second-order valence-corrected chi connectivity index (χ2v) is 8.73. The van der Waals surface area contributed by atoms with E-state index in [-0.39, 0.29) is 0 Å². The van der Waals surface area contributed by atoms with Crippen LogP contribution in [0.2, 0.25) is 0 Å². The quantitative estimate of drug-likeness (QED) is 0.825. The number of benzene rings is 2. The maximum atomic E-state index is 12.8. The van der Waals surface area contributed by atoms with Crippen LogP contribution in [-0.4, -0.2) is 49.8 Å². The number of piperazine rings is 1. The molecule has 1 fully saturated rings. The summed E-state index contributed by atoms with van der Waals surface area (Å²) >= 11 is 0. The highest BCUT2D eigenvalue weighted by Gasteiger charge is 2.29. The van der Waals surface area contributed by atoms with Crippen molar-refractivity contribution < 1.29 is 8.42 Å². The number of rotatable bonds is 5. The third-order valence-corrected chi connectivity index (χ3v) is 6.84. The van der Waals surface area contributed by atoms with E-state index in [0.717, 1.165) is 25.1 Å². The number of hydrogen-bond acceptors (Lipinski definition) is 3. The van der Waals surface area contributed by atoms with E-state index in [0.29, 0.717) is 24.0 Å². The van der Waals surface area contributed by atoms with Crippen LogP contribution in [0.4, 0.5) is 0 Å². The highest BCUT2D eigenvalue weighted by molar-refractivity contribution is 7.89. The van der Waals surface area contributed by atoms with Gasteiger partial charge < -0.3 is 0 Å². The summed E-state index contributed by atoms with van der Waals surface area (Å²) in [5.41, 5.74) is 2.39. The molecule has 1 unspecified atom stereocenters. The standard InChI is InChI=1S/C20H26N2O2S/c1-17-8-10-20(11-9-17)25(23,24)22-14-12-21(13-15-22)18(2)16-19-6-4-3-5-7-19/h3-11,18H,12-16H2,1-2H3. The number of hydrogen-bond donors (Lipinski definition) is 0. The van der Waals surface area contributed by atoms with Gasteiger partial charge in [0.1, 0.15) is 0 Å². The van der Waals surface area contributed by atoms with Crippen LogP contribution in [0.3, 0.4) is 0 Å². The maximum Gasteiger partial charge on any atom is 0.243 e. The third kappa shape index (κ3) is 4.29. The molecule has 0 amide bonds. The first-order valence-corrected chi connectivity index (χ1v) is 10.3. The Morgan fingerprint density at radius 1 is 0.920 bits per heavy atom. The van der Waals surface area contributed by atoms with Crippen LogP contribution in [0.25, 0.3) is 0 Å². The number of aryl methyl sites for hydroxylation is 1. The molecule has 0 radical (unpaired) electrons. The van der Waals surface area contributed by atoms with Crippen molar-refractivity contribution in [3.63, 3.8) is 0 Å². The molecular weight excluding hydrogens is 332 g/mol. The van der Waals surface area contributed by atoms with Gasteiger partial charge in [-0.15, -0.1) is 0 Å². The molecule has 4 nitrogen and oxygen atoms in total. The van der Waals surface area contributed by atoms with Crippen molar-refractivity contribution in [1.29, 1.82) is 0 Å². The molecule has 1 heterocycles. The lowest BCUT2D eigenvalue weighted by molar-refractivity contribution is 0.145. The summed E-state index contributed by atoms with van der Waals surface area (Å²) in [5, 5.41) is 0. The highest BCUT2D eigenvalue weighted by Crippen LogP contribution is 2.19. The summed E-state index contributed by atoms with van der Waals surface area (Å²) in [4.78, 5) is 2.78. The van der Waals surface area contributed by atoms with E-state index >= 15 is 0 Å². The molecule has 1 atom stereocenters. The molecular formula is C20H26N2O2S. The van der Waals surface area contributed by atoms with Crippen LogP contribution >= 0.6 is 0 Å². The Morgan fingerprint density at radius 3 is 2.12 bits per heavy atom. The van der Waals surface area contributed by atoms with Crippen LogP contribution in [0.15, 0.2) is 59.5 Å². The summed E-state index contributed by atoms with van der Waals surface area (Å²) in [7, 11) is -3.38. The summed E-state index contributed by atoms with van der Waals surface area (Å²) < 4.78 is 27.2. The van der Waals surface area contributed by atoms with Crippen LogP contribution in [0, 0.1) is 6.92 Å². The van der Waals surface area contributed by atoms with E-state index < -0.39 is 10.0 Å². The molecule has 5 heteroatoms. The largest absolute Gasteiger partial charge is 0.298 e. The smallest absolute Gasteiger partial charge is 0.243 e. The Hall–Kier alpha value is -1.69. The average Bonchev–Trinajstić information content (AvgIpc) is 2.63. The minimum Gasteiger partial charge on any atom is -0.298 e. The van der Waals surface area contributed by atoms with E-state index in [4.69, 9.17) is 0 Å². The molecule has 0 saturated carbocycles. The van der Waals surface area contributed by atoms with Crippen molar-refractivity contribution in [2.45, 2.75) is 31.2 Å². The Morgan fingerprint density at radius 2 is 1.52 bits per heavy atom. The Labute approximate surface area is 151 Å². The predicted octanol–water partition coefficient (Wildman–Crippen LogP) is 2.93. The lowest BCUT2D eigenvalue weighted by Gasteiger charge is -2.37. The molecule has 0 bridgehead atoms. The average molecular weight is 359 g/mol. The van der Waals surface area contributed by atoms with E-state index in [1.165, 1.54) is 5.56 Å². The highest BCUT2D eigenvalue weighted by atomic mass is 32.2. The molecule has 0 N–H and O–H groups in total. The Balaban J connectivity index is 1.60. The van der Waals surface area contributed by atoms with Gasteiger partial charge in [-0.05, 0) is 38.0 Å². The first-order chi connectivity index (χ1) is 12.0. The van der Waals surface area contributed by atoms with Gasteiger partial charge in [-0.3, -0.25) is 4.90 Å². The van der Waals surface area contributed by atoms with Crippen LogP contribution in [0.1, 0.15) is 18.1 Å². The van der Waals surface area contributed by atoms with E-state index in [2.05, 4.69) is 36.1 Å². The SMILES string of the molecule is Cc1ccc(S(=O)(=O)N2CCN(C(C)Cc3ccccc3)CC2)cc1. The fraction of sp³-hybridized carbons (Fsp3) is 0.400. The molecule has 0 aromatic heterocycles. The van der Waals surface area contributed by atoms with Gasteiger partial charge in [0, 0.05) is 32.2 Å². The Bertz CT molecular complexity index is 780. The van der Waals surface area contributed by atoms with Crippen LogP contribution in [-0.2, 0) is 16.4 Å². The zero-order valence-corrected chi connectivity index (χ0v) is 15.7. The van der Waals surface area contributed by atoms with Crippen molar-refractivity contribution >= 4 is 10.0 Å². The molecule has 3 rings (SSSR count). The molecule has 2 aromatic carbocycles. The van der Waals surface area contributed by atoms with Gasteiger partial charge in [-0.25, -0.2) is 8.42 Å². The summed E-state index contributed by atoms with van der Waals surface area (Å²) in [6, 6.07) is 18.0. The van der Waals surface area contributed by atoms with E-state index in [1.54, 1.807) is 16.4 Å². The van der Waals surface area contributed by atoms with E-state index in [9.17, 15) is 8.42 Å². The van der Waals surface area contributed by atoms with Gasteiger partial charge in [0.2, 0.25) is 10.0 Å². The molecule has 2 aromatic rings. The predicted molar refractivity (Wildman–Crippen MR) is 101 cm³/mol. The lowest BCUT2D eigenvalue weighted by Crippen LogP contribution is -2.51. The topological polar surface area (TPSA) is 40.6 Å². The van der Waals surface area contributed by atoms with E-state index in [1.807, 2.05) is 25.1 Å². The van der Waals surface area contributed by atoms with Gasteiger partial charge in [-0.1, -0.05) is 48.0 Å². The summed E-state index contributed by atoms with van der Waals surface area (Å²) in [6.07, 6.45) is 0.992. The van der Waals surface area contributed by atoms with Gasteiger partial charge in [-0.2, -0.15) is 4.31 Å². The van der Waals surface area contributed by atoms with Gasteiger partial charge in [0.25, 0.3) is 0 Å². The minimum atomic E-state index is -3.38. The minimum absolute atomic E-state index is 0.392. The molecule has 25 heavy (non-hydrogen) atoms. The summed E-state index contributed by atoms with van der Waals surface area (Å²) in [6.45, 7) is 6.84. The van der Waals surface area contributed by atoms with Crippen molar-refractivity contribution in [3.05, 3.63) is 65.7 Å². The summed E-state index contributed by atoms with van der Waals surface area (Å²) in [5.74, 6) is 0. The first kappa shape index (κ1) is 18.1. The zero-order chi connectivity index (χ0) is 17.9. The molecule has 1 saturated heterocycles. The van der Waals surface area contributed by atoms with Crippen molar-refractivity contribution in [1.82, 2.24) is 9.21 Å². The zero-order valence-electron chi connectivity index (χ0n) is 14.9. The number of nitrogens with zero attached hydrogens (tertiary/aromatic N) is 2. The fourth-order valence-electron chi connectivity index (χ4n) is 3.33. The Kier molecular flexibility index (Phi) is 5.57. The molecule has 1 aliphatic heterocycles. The van der Waals surface area contributed by atoms with Crippen LogP contribution < -0.4 is 0 Å². The maximum absolute atomic E-state index is 12.8. The monoisotopic (exact) mass is 358 g/mol. The molecule has 0 spiro atoms. The fourth-order valence-corrected chi connectivity index (χ4v) is 4.75.